The summed E-state index contributed by atoms with van der Waals surface area (Å²) in [6, 6.07) is 0. The van der Waals surface area contributed by atoms with Crippen LogP contribution >= 0.6 is 23.5 Å². The zero-order valence-electron chi connectivity index (χ0n) is 12.7. The molecule has 2 atom stereocenters. The number of fused-ring (bicyclic) bond motifs is 1. The second-order valence-electron chi connectivity index (χ2n) is 4.89. The minimum Gasteiger partial charge on any atom is -0.468 e. The van der Waals surface area contributed by atoms with E-state index >= 15 is 0 Å². The third-order valence-electron chi connectivity index (χ3n) is 3.36. The van der Waals surface area contributed by atoms with Gasteiger partial charge < -0.3 is 4.74 Å². The fourth-order valence-electron chi connectivity index (χ4n) is 2.26. The van der Waals surface area contributed by atoms with Crippen molar-refractivity contribution in [1.82, 2.24) is 9.55 Å². The monoisotopic (exact) mass is 328 g/mol. The maximum atomic E-state index is 12.5. The normalized spacial score (nSPS) is 18.4. The Balaban J connectivity index is 2.40. The summed E-state index contributed by atoms with van der Waals surface area (Å²) >= 11 is 2.92. The Morgan fingerprint density at radius 2 is 2.29 bits per heavy atom. The van der Waals surface area contributed by atoms with Crippen LogP contribution in [0.1, 0.15) is 32.9 Å². The fourth-order valence-corrected chi connectivity index (χ4v) is 4.49. The summed E-state index contributed by atoms with van der Waals surface area (Å²) in [4.78, 5) is 29.7. The lowest BCUT2D eigenvalue weighted by molar-refractivity contribution is -0.140. The lowest BCUT2D eigenvalue weighted by atomic mass is 10.2. The molecule has 0 fully saturated rings. The van der Waals surface area contributed by atoms with Gasteiger partial charge in [0.05, 0.1) is 17.7 Å². The Labute approximate surface area is 132 Å². The summed E-state index contributed by atoms with van der Waals surface area (Å²) in [6.45, 7) is 6.49. The van der Waals surface area contributed by atoms with Crippen molar-refractivity contribution in [3.63, 3.8) is 0 Å². The van der Waals surface area contributed by atoms with Crippen molar-refractivity contribution in [3.05, 3.63) is 16.0 Å². The molecule has 0 N–H and O–H groups in total. The number of methoxy groups -OCH3 is 1. The molecule has 21 heavy (non-hydrogen) atoms. The molecule has 1 aliphatic rings. The summed E-state index contributed by atoms with van der Waals surface area (Å²) in [5, 5.41) is 0.672. The van der Waals surface area contributed by atoms with Crippen LogP contribution in [-0.2, 0) is 22.5 Å². The van der Waals surface area contributed by atoms with Crippen LogP contribution in [0.5, 0.6) is 0 Å². The maximum absolute atomic E-state index is 12.5. The van der Waals surface area contributed by atoms with Gasteiger partial charge in [0.25, 0.3) is 5.56 Å². The van der Waals surface area contributed by atoms with E-state index in [1.807, 2.05) is 13.8 Å². The zero-order valence-corrected chi connectivity index (χ0v) is 14.3. The van der Waals surface area contributed by atoms with Crippen molar-refractivity contribution in [3.8, 4) is 0 Å². The van der Waals surface area contributed by atoms with Gasteiger partial charge >= 0.3 is 5.97 Å². The number of rotatable bonds is 5. The first kappa shape index (κ1) is 16.4. The molecule has 0 unspecified atom stereocenters. The highest BCUT2D eigenvalue weighted by molar-refractivity contribution is 8.00. The average Bonchev–Trinajstić information content (AvgIpc) is 2.85. The Hall–Kier alpha value is -0.950. The topological polar surface area (TPSA) is 61.2 Å². The summed E-state index contributed by atoms with van der Waals surface area (Å²) in [6.07, 6.45) is 1.45. The molecule has 1 aromatic heterocycles. The van der Waals surface area contributed by atoms with E-state index in [0.29, 0.717) is 23.4 Å². The molecular weight excluding hydrogens is 308 g/mol. The quantitative estimate of drug-likeness (QED) is 0.470. The molecule has 5 nitrogen and oxygen atoms in total. The number of hydrogen-bond donors (Lipinski definition) is 0. The highest BCUT2D eigenvalue weighted by Gasteiger charge is 2.28. The van der Waals surface area contributed by atoms with E-state index in [1.165, 1.54) is 18.9 Å². The molecule has 0 saturated heterocycles. The first-order chi connectivity index (χ1) is 10.0. The molecule has 2 heterocycles. The second-order valence-corrected chi connectivity index (χ2v) is 7.51. The van der Waals surface area contributed by atoms with E-state index in [9.17, 15) is 9.59 Å². The smallest absolute Gasteiger partial charge is 0.319 e. The maximum Gasteiger partial charge on any atom is 0.319 e. The van der Waals surface area contributed by atoms with Crippen molar-refractivity contribution in [2.75, 3.05) is 7.11 Å². The number of hydrogen-bond acceptors (Lipinski definition) is 6. The second kappa shape index (κ2) is 6.87. The largest absolute Gasteiger partial charge is 0.468 e. The highest BCUT2D eigenvalue weighted by atomic mass is 32.2. The number of carbonyl (C=O) groups is 1. The van der Waals surface area contributed by atoms with Crippen LogP contribution in [0.15, 0.2) is 14.8 Å². The van der Waals surface area contributed by atoms with Gasteiger partial charge in [-0.3, -0.25) is 14.2 Å². The van der Waals surface area contributed by atoms with Crippen LogP contribution in [0.25, 0.3) is 0 Å². The van der Waals surface area contributed by atoms with Crippen molar-refractivity contribution < 1.29 is 9.53 Å². The number of ether oxygens (including phenoxy) is 1. The Bertz CT molecular complexity index is 601. The van der Waals surface area contributed by atoms with E-state index in [4.69, 9.17) is 4.74 Å². The fraction of sp³-hybridized carbons (Fsp3) is 0.643. The van der Waals surface area contributed by atoms with Crippen LogP contribution in [0.4, 0.5) is 0 Å². The number of nitrogens with zero attached hydrogens (tertiary/aromatic N) is 2. The van der Waals surface area contributed by atoms with Crippen molar-refractivity contribution in [2.24, 2.45) is 0 Å². The van der Waals surface area contributed by atoms with E-state index in [1.54, 1.807) is 16.3 Å². The van der Waals surface area contributed by atoms with Gasteiger partial charge in [0.2, 0.25) is 0 Å². The predicted octanol–water partition coefficient (Wildman–Crippen LogP) is 2.34. The molecule has 1 aromatic rings. The van der Waals surface area contributed by atoms with Gasteiger partial charge in [0, 0.05) is 18.2 Å². The molecule has 0 aromatic carbocycles. The van der Waals surface area contributed by atoms with Crippen molar-refractivity contribution in [1.29, 1.82) is 0 Å². The molecule has 1 aliphatic heterocycles. The Morgan fingerprint density at radius 1 is 1.57 bits per heavy atom. The van der Waals surface area contributed by atoms with Crippen molar-refractivity contribution in [2.45, 2.75) is 60.7 Å². The van der Waals surface area contributed by atoms with Gasteiger partial charge in [-0.05, 0) is 13.3 Å². The van der Waals surface area contributed by atoms with Gasteiger partial charge in [-0.2, -0.15) is 0 Å². The third-order valence-corrected chi connectivity index (χ3v) is 5.91. The third kappa shape index (κ3) is 3.29. The predicted molar refractivity (Wildman–Crippen MR) is 85.1 cm³/mol. The molecule has 0 bridgehead atoms. The molecule has 0 amide bonds. The number of carbonyl (C=O) groups excluding carboxylic acids is 1. The van der Waals surface area contributed by atoms with Gasteiger partial charge in [-0.1, -0.05) is 25.6 Å². The summed E-state index contributed by atoms with van der Waals surface area (Å²) in [7, 11) is 1.38. The van der Waals surface area contributed by atoms with Crippen LogP contribution < -0.4 is 5.56 Å². The van der Waals surface area contributed by atoms with E-state index in [2.05, 4.69) is 11.9 Å². The van der Waals surface area contributed by atoms with Gasteiger partial charge in [0.15, 0.2) is 5.16 Å². The summed E-state index contributed by atoms with van der Waals surface area (Å²) in [5.74, 6) is -0.275. The van der Waals surface area contributed by atoms with Gasteiger partial charge in [-0.15, -0.1) is 11.8 Å². The SMILES string of the molecule is CC[C@@H](Sc1nc2c(c(=O)n1CC)S[C@H](C)C2)C(=O)OC. The Morgan fingerprint density at radius 3 is 2.86 bits per heavy atom. The van der Waals surface area contributed by atoms with Crippen LogP contribution in [-0.4, -0.2) is 33.1 Å². The van der Waals surface area contributed by atoms with E-state index in [0.717, 1.165) is 17.0 Å². The number of aromatic nitrogens is 2. The summed E-state index contributed by atoms with van der Waals surface area (Å²) < 4.78 is 6.46. The lowest BCUT2D eigenvalue weighted by Gasteiger charge is -2.15. The average molecular weight is 328 g/mol. The molecule has 7 heteroatoms. The van der Waals surface area contributed by atoms with Crippen LogP contribution in [0, 0.1) is 0 Å². The lowest BCUT2D eigenvalue weighted by Crippen LogP contribution is -2.26. The highest BCUT2D eigenvalue weighted by Crippen LogP contribution is 2.35. The molecule has 2 rings (SSSR count). The van der Waals surface area contributed by atoms with Crippen LogP contribution in [0.2, 0.25) is 0 Å². The minimum absolute atomic E-state index is 0.0130. The van der Waals surface area contributed by atoms with Gasteiger partial charge in [-0.25, -0.2) is 4.98 Å². The standard InChI is InChI=1S/C14H20N2O3S2/c1-5-10(13(18)19-4)21-14-15-9-7-8(3)20-11(9)12(17)16(14)6-2/h8,10H,5-7H2,1-4H3/t8-,10-/m1/s1. The van der Waals surface area contributed by atoms with Crippen LogP contribution in [0.3, 0.4) is 0 Å². The minimum atomic E-state index is -0.329. The van der Waals surface area contributed by atoms with Gasteiger partial charge in [0.1, 0.15) is 5.25 Å². The molecule has 0 spiro atoms. The van der Waals surface area contributed by atoms with E-state index < -0.39 is 0 Å². The number of thioether (sulfide) groups is 2. The molecule has 0 radical (unpaired) electrons. The molecule has 0 aliphatic carbocycles. The Kier molecular flexibility index (Phi) is 5.37. The first-order valence-corrected chi connectivity index (χ1v) is 8.82. The summed E-state index contributed by atoms with van der Waals surface area (Å²) in [5.41, 5.74) is 0.878. The number of esters is 1. The van der Waals surface area contributed by atoms with E-state index in [-0.39, 0.29) is 16.8 Å². The molecular formula is C14H20N2O3S2. The zero-order chi connectivity index (χ0) is 15.6. The van der Waals surface area contributed by atoms with Crippen molar-refractivity contribution >= 4 is 29.5 Å². The first-order valence-electron chi connectivity index (χ1n) is 7.06. The molecule has 116 valence electrons. The molecule has 0 saturated carbocycles.